The Balaban J connectivity index is 1.81. The lowest BCUT2D eigenvalue weighted by atomic mass is 9.98. The van der Waals surface area contributed by atoms with Gasteiger partial charge in [-0.05, 0) is 36.4 Å². The topological polar surface area (TPSA) is 30.5 Å². The molecule has 2 unspecified atom stereocenters. The average Bonchev–Trinajstić information content (AvgIpc) is 2.92. The summed E-state index contributed by atoms with van der Waals surface area (Å²) >= 11 is 0. The molecule has 0 bridgehead atoms. The number of likely N-dealkylation sites (N-methyl/N-ethyl adjacent to an activating group) is 1. The summed E-state index contributed by atoms with van der Waals surface area (Å²) in [5, 5.41) is 3.37. The fraction of sp³-hybridized carbons (Fsp3) is 0.294. The molecule has 0 fully saturated rings. The van der Waals surface area contributed by atoms with Crippen LogP contribution >= 0.6 is 0 Å². The Morgan fingerprint density at radius 3 is 2.55 bits per heavy atom. The van der Waals surface area contributed by atoms with Crippen molar-refractivity contribution in [3.05, 3.63) is 59.7 Å². The zero-order valence-corrected chi connectivity index (χ0v) is 11.8. The molecule has 0 amide bonds. The number of nitrogens with one attached hydrogen (secondary N) is 1. The molecule has 104 valence electrons. The third kappa shape index (κ3) is 2.37. The van der Waals surface area contributed by atoms with Crippen molar-refractivity contribution in [2.45, 2.75) is 18.6 Å². The van der Waals surface area contributed by atoms with Gasteiger partial charge in [-0.25, -0.2) is 0 Å². The van der Waals surface area contributed by atoms with Gasteiger partial charge in [-0.1, -0.05) is 30.3 Å². The fourth-order valence-corrected chi connectivity index (χ4v) is 2.77. The van der Waals surface area contributed by atoms with Gasteiger partial charge in [0.15, 0.2) is 0 Å². The van der Waals surface area contributed by atoms with E-state index >= 15 is 0 Å². The maximum atomic E-state index is 6.08. The molecule has 1 aliphatic heterocycles. The zero-order valence-electron chi connectivity index (χ0n) is 11.8. The minimum Gasteiger partial charge on any atom is -0.497 e. The maximum Gasteiger partial charge on any atom is 0.123 e. The third-order valence-electron chi connectivity index (χ3n) is 3.83. The molecule has 3 rings (SSSR count). The smallest absolute Gasteiger partial charge is 0.123 e. The van der Waals surface area contributed by atoms with Gasteiger partial charge in [0.2, 0.25) is 0 Å². The van der Waals surface area contributed by atoms with Gasteiger partial charge in [0, 0.05) is 6.42 Å². The number of hydrogen-bond acceptors (Lipinski definition) is 3. The average molecular weight is 269 g/mol. The Morgan fingerprint density at radius 2 is 1.90 bits per heavy atom. The monoisotopic (exact) mass is 269 g/mol. The van der Waals surface area contributed by atoms with Crippen molar-refractivity contribution >= 4 is 0 Å². The summed E-state index contributed by atoms with van der Waals surface area (Å²) in [6.45, 7) is 0. The Morgan fingerprint density at radius 1 is 1.15 bits per heavy atom. The van der Waals surface area contributed by atoms with E-state index in [0.717, 1.165) is 17.9 Å². The fourth-order valence-electron chi connectivity index (χ4n) is 2.77. The molecule has 3 nitrogen and oxygen atoms in total. The van der Waals surface area contributed by atoms with Crippen LogP contribution in [0, 0.1) is 0 Å². The molecule has 0 radical (unpaired) electrons. The van der Waals surface area contributed by atoms with E-state index in [9.17, 15) is 0 Å². The summed E-state index contributed by atoms with van der Waals surface area (Å²) in [7, 11) is 3.66. The molecule has 2 aromatic rings. The second-order valence-corrected chi connectivity index (χ2v) is 5.01. The Hall–Kier alpha value is -2.00. The zero-order chi connectivity index (χ0) is 13.9. The highest BCUT2D eigenvalue weighted by molar-refractivity contribution is 5.39. The van der Waals surface area contributed by atoms with Crippen LogP contribution < -0.4 is 14.8 Å². The van der Waals surface area contributed by atoms with Crippen LogP contribution in [0.5, 0.6) is 11.5 Å². The van der Waals surface area contributed by atoms with E-state index in [1.165, 1.54) is 11.1 Å². The molecule has 0 aromatic heterocycles. The molecule has 0 saturated heterocycles. The van der Waals surface area contributed by atoms with Crippen LogP contribution in [0.25, 0.3) is 0 Å². The Bertz CT molecular complexity index is 555. The van der Waals surface area contributed by atoms with Crippen LogP contribution in [-0.2, 0) is 6.42 Å². The number of hydrogen-bond donors (Lipinski definition) is 1. The quantitative estimate of drug-likeness (QED) is 0.925. The van der Waals surface area contributed by atoms with E-state index in [0.29, 0.717) is 0 Å². The van der Waals surface area contributed by atoms with E-state index in [-0.39, 0.29) is 12.1 Å². The predicted octanol–water partition coefficient (Wildman–Crippen LogP) is 2.96. The molecular formula is C17H19NO2. The van der Waals surface area contributed by atoms with Crippen molar-refractivity contribution in [3.63, 3.8) is 0 Å². The lowest BCUT2D eigenvalue weighted by Gasteiger charge is -2.23. The third-order valence-corrected chi connectivity index (χ3v) is 3.83. The minimum absolute atomic E-state index is 0.130. The highest BCUT2D eigenvalue weighted by atomic mass is 16.5. The Kier molecular flexibility index (Phi) is 3.61. The van der Waals surface area contributed by atoms with Gasteiger partial charge in [-0.2, -0.15) is 0 Å². The van der Waals surface area contributed by atoms with Crippen LogP contribution in [0.4, 0.5) is 0 Å². The second-order valence-electron chi connectivity index (χ2n) is 5.01. The first-order chi connectivity index (χ1) is 9.81. The molecule has 1 heterocycles. The first-order valence-corrected chi connectivity index (χ1v) is 6.87. The van der Waals surface area contributed by atoms with Crippen molar-refractivity contribution in [1.29, 1.82) is 0 Å². The lowest BCUT2D eigenvalue weighted by Crippen LogP contribution is -2.32. The summed E-state index contributed by atoms with van der Waals surface area (Å²) in [5.74, 6) is 1.88. The van der Waals surface area contributed by atoms with Gasteiger partial charge in [-0.3, -0.25) is 0 Å². The standard InChI is InChI=1S/C17H19NO2/c1-18-17(12-7-9-14(19-2)10-8-12)16-11-13-5-3-4-6-15(13)20-16/h3-10,16-18H,11H2,1-2H3. The van der Waals surface area contributed by atoms with Gasteiger partial charge >= 0.3 is 0 Å². The maximum absolute atomic E-state index is 6.08. The van der Waals surface area contributed by atoms with E-state index in [1.807, 2.05) is 31.3 Å². The van der Waals surface area contributed by atoms with E-state index < -0.39 is 0 Å². The van der Waals surface area contributed by atoms with Gasteiger partial charge in [-0.15, -0.1) is 0 Å². The van der Waals surface area contributed by atoms with Crippen molar-refractivity contribution < 1.29 is 9.47 Å². The second kappa shape index (κ2) is 5.55. The van der Waals surface area contributed by atoms with Gasteiger partial charge in [0.25, 0.3) is 0 Å². The molecule has 2 aromatic carbocycles. The first kappa shape index (κ1) is 13.0. The number of methoxy groups -OCH3 is 1. The molecule has 1 aliphatic rings. The van der Waals surface area contributed by atoms with Crippen molar-refractivity contribution in [1.82, 2.24) is 5.32 Å². The van der Waals surface area contributed by atoms with E-state index in [2.05, 4.69) is 29.6 Å². The predicted molar refractivity (Wildman–Crippen MR) is 79.4 cm³/mol. The Labute approximate surface area is 119 Å². The summed E-state index contributed by atoms with van der Waals surface area (Å²) in [6.07, 6.45) is 1.07. The highest BCUT2D eigenvalue weighted by Crippen LogP contribution is 2.34. The van der Waals surface area contributed by atoms with Gasteiger partial charge in [0.1, 0.15) is 17.6 Å². The van der Waals surface area contributed by atoms with Crippen LogP contribution in [0.2, 0.25) is 0 Å². The molecular weight excluding hydrogens is 250 g/mol. The molecule has 0 saturated carbocycles. The lowest BCUT2D eigenvalue weighted by molar-refractivity contribution is 0.183. The minimum atomic E-state index is 0.130. The van der Waals surface area contributed by atoms with Crippen LogP contribution in [0.15, 0.2) is 48.5 Å². The summed E-state index contributed by atoms with van der Waals surface area (Å²) in [5.41, 5.74) is 2.50. The number of benzene rings is 2. The number of fused-ring (bicyclic) bond motifs is 1. The number of ether oxygens (including phenoxy) is 2. The van der Waals surface area contributed by atoms with Crippen LogP contribution in [0.1, 0.15) is 17.2 Å². The van der Waals surface area contributed by atoms with Crippen LogP contribution in [0.3, 0.4) is 0 Å². The SMILES string of the molecule is CNC(c1ccc(OC)cc1)C1Cc2ccccc2O1. The summed E-state index contributed by atoms with van der Waals surface area (Å²) < 4.78 is 11.3. The summed E-state index contributed by atoms with van der Waals surface area (Å²) in [6, 6.07) is 16.6. The van der Waals surface area contributed by atoms with E-state index in [4.69, 9.17) is 9.47 Å². The van der Waals surface area contributed by atoms with Crippen LogP contribution in [-0.4, -0.2) is 20.3 Å². The normalized spacial score (nSPS) is 18.2. The van der Waals surface area contributed by atoms with Crippen molar-refractivity contribution in [2.75, 3.05) is 14.2 Å². The molecule has 3 heteroatoms. The molecule has 0 aliphatic carbocycles. The van der Waals surface area contributed by atoms with E-state index in [1.54, 1.807) is 7.11 Å². The van der Waals surface area contributed by atoms with Crippen molar-refractivity contribution in [2.24, 2.45) is 0 Å². The molecule has 0 spiro atoms. The highest BCUT2D eigenvalue weighted by Gasteiger charge is 2.30. The largest absolute Gasteiger partial charge is 0.497 e. The van der Waals surface area contributed by atoms with Crippen molar-refractivity contribution in [3.8, 4) is 11.5 Å². The summed E-state index contributed by atoms with van der Waals surface area (Å²) in [4.78, 5) is 0. The molecule has 2 atom stereocenters. The molecule has 20 heavy (non-hydrogen) atoms. The first-order valence-electron chi connectivity index (χ1n) is 6.87. The number of rotatable bonds is 4. The molecule has 1 N–H and O–H groups in total. The number of para-hydroxylation sites is 1. The van der Waals surface area contributed by atoms with Gasteiger partial charge in [0.05, 0.1) is 13.2 Å². The van der Waals surface area contributed by atoms with Gasteiger partial charge < -0.3 is 14.8 Å².